The molecule has 33 heavy (non-hydrogen) atoms. The van der Waals surface area contributed by atoms with Gasteiger partial charge in [0, 0.05) is 35.3 Å². The normalized spacial score (nSPS) is 18.2. The summed E-state index contributed by atoms with van der Waals surface area (Å²) in [7, 11) is -3.74. The van der Waals surface area contributed by atoms with E-state index in [4.69, 9.17) is 4.74 Å². The number of methoxy groups -OCH3 is 1. The minimum atomic E-state index is -5.36. The number of hydrogen-bond acceptors (Lipinski definition) is 6. The third-order valence-corrected chi connectivity index (χ3v) is 8.06. The van der Waals surface area contributed by atoms with Crippen LogP contribution in [0.4, 0.5) is 18.9 Å². The van der Waals surface area contributed by atoms with Crippen molar-refractivity contribution < 1.29 is 26.3 Å². The molecule has 1 spiro atoms. The second kappa shape index (κ2) is 7.59. The van der Waals surface area contributed by atoms with E-state index in [0.717, 1.165) is 48.0 Å². The second-order valence-corrected chi connectivity index (χ2v) is 10.5. The smallest absolute Gasteiger partial charge is 0.495 e. The van der Waals surface area contributed by atoms with Gasteiger partial charge in [0.2, 0.25) is 0 Å². The first kappa shape index (κ1) is 22.0. The van der Waals surface area contributed by atoms with Gasteiger partial charge >= 0.3 is 5.51 Å². The van der Waals surface area contributed by atoms with Gasteiger partial charge in [0.05, 0.1) is 30.4 Å². The minimum Gasteiger partial charge on any atom is -0.495 e. The van der Waals surface area contributed by atoms with Crippen LogP contribution in [0.15, 0.2) is 59.6 Å². The molecule has 1 saturated heterocycles. The van der Waals surface area contributed by atoms with E-state index in [-0.39, 0.29) is 5.54 Å². The average Bonchev–Trinajstić information content (AvgIpc) is 3.48. The Morgan fingerprint density at radius 2 is 1.79 bits per heavy atom. The molecule has 0 unspecified atom stereocenters. The number of nitrogens with zero attached hydrogens (tertiary/aromatic N) is 3. The minimum absolute atomic E-state index is 0.00783. The second-order valence-electron chi connectivity index (χ2n) is 8.53. The fourth-order valence-corrected chi connectivity index (χ4v) is 5.31. The van der Waals surface area contributed by atoms with Gasteiger partial charge in [0.1, 0.15) is 5.75 Å². The largest absolute Gasteiger partial charge is 0.501 e. The number of hydrogen-bond donors (Lipinski definition) is 0. The van der Waals surface area contributed by atoms with Crippen LogP contribution in [0.3, 0.4) is 0 Å². The molecular weight excluding hydrogens is 455 g/mol. The molecule has 1 aliphatic heterocycles. The predicted octanol–water partition coefficient (Wildman–Crippen LogP) is 4.35. The molecule has 6 nitrogen and oxygen atoms in total. The van der Waals surface area contributed by atoms with Gasteiger partial charge in [-0.2, -0.15) is 13.2 Å². The Balaban J connectivity index is 1.41. The maximum atomic E-state index is 12.8. The maximum absolute atomic E-state index is 12.8. The van der Waals surface area contributed by atoms with E-state index in [0.29, 0.717) is 24.7 Å². The fourth-order valence-electron chi connectivity index (χ4n) is 4.55. The first-order valence-electron chi connectivity index (χ1n) is 10.5. The highest BCUT2D eigenvalue weighted by Gasteiger charge is 2.54. The standard InChI is InChI=1S/C23H22F3N3O3S/c1-32-21-12-27-20-5-3-2-4-18(20)19(21)13-29-15-28(14-22(29)10-11-22)16-6-8-17(9-7-16)33(30,31)23(24,25)26/h2-9,12H,10-11,13-15H2,1H3. The van der Waals surface area contributed by atoms with E-state index in [1.165, 1.54) is 12.1 Å². The summed E-state index contributed by atoms with van der Waals surface area (Å²) in [5.41, 5.74) is -2.70. The predicted molar refractivity (Wildman–Crippen MR) is 118 cm³/mol. The molecule has 2 fully saturated rings. The molecule has 0 radical (unpaired) electrons. The van der Waals surface area contributed by atoms with Gasteiger partial charge in [-0.3, -0.25) is 9.88 Å². The van der Waals surface area contributed by atoms with Crippen LogP contribution in [0.25, 0.3) is 10.9 Å². The third kappa shape index (κ3) is 3.71. The Morgan fingerprint density at radius 1 is 1.09 bits per heavy atom. The van der Waals surface area contributed by atoms with Crippen molar-refractivity contribution in [3.63, 3.8) is 0 Å². The van der Waals surface area contributed by atoms with Gasteiger partial charge < -0.3 is 9.64 Å². The van der Waals surface area contributed by atoms with Crippen LogP contribution < -0.4 is 9.64 Å². The van der Waals surface area contributed by atoms with E-state index in [1.54, 1.807) is 13.3 Å². The highest BCUT2D eigenvalue weighted by molar-refractivity contribution is 7.92. The fraction of sp³-hybridized carbons (Fsp3) is 0.348. The number of para-hydroxylation sites is 1. The lowest BCUT2D eigenvalue weighted by molar-refractivity contribution is -0.0436. The lowest BCUT2D eigenvalue weighted by Gasteiger charge is -2.24. The van der Waals surface area contributed by atoms with Crippen molar-refractivity contribution in [1.29, 1.82) is 0 Å². The molecule has 2 heterocycles. The number of pyridine rings is 1. The van der Waals surface area contributed by atoms with Gasteiger partial charge in [-0.1, -0.05) is 18.2 Å². The van der Waals surface area contributed by atoms with Crippen molar-refractivity contribution in [2.24, 2.45) is 0 Å². The van der Waals surface area contributed by atoms with Gasteiger partial charge in [-0.25, -0.2) is 8.42 Å². The Hall–Kier alpha value is -2.85. The number of fused-ring (bicyclic) bond motifs is 1. The van der Waals surface area contributed by atoms with Crippen LogP contribution in [-0.2, 0) is 16.4 Å². The van der Waals surface area contributed by atoms with Crippen molar-refractivity contribution in [1.82, 2.24) is 9.88 Å². The molecule has 0 N–H and O–H groups in total. The van der Waals surface area contributed by atoms with Gasteiger partial charge in [-0.05, 0) is 43.2 Å². The number of rotatable bonds is 5. The summed E-state index contributed by atoms with van der Waals surface area (Å²) in [5.74, 6) is 0.713. The summed E-state index contributed by atoms with van der Waals surface area (Å²) in [6.07, 6.45) is 3.77. The summed E-state index contributed by atoms with van der Waals surface area (Å²) < 4.78 is 67.4. The molecule has 0 amide bonds. The lowest BCUT2D eigenvalue weighted by Crippen LogP contribution is -2.32. The highest BCUT2D eigenvalue weighted by Crippen LogP contribution is 2.48. The first-order chi connectivity index (χ1) is 15.6. The number of alkyl halides is 3. The molecule has 3 aromatic rings. The maximum Gasteiger partial charge on any atom is 0.501 e. The quantitative estimate of drug-likeness (QED) is 0.545. The molecular formula is C23H22F3N3O3S. The van der Waals surface area contributed by atoms with Crippen molar-refractivity contribution in [3.05, 3.63) is 60.3 Å². The Kier molecular flexibility index (Phi) is 5.06. The number of sulfone groups is 1. The van der Waals surface area contributed by atoms with Crippen molar-refractivity contribution in [3.8, 4) is 5.75 Å². The number of ether oxygens (including phenoxy) is 1. The van der Waals surface area contributed by atoms with Gasteiger partial charge in [0.15, 0.2) is 0 Å². The average molecular weight is 478 g/mol. The monoisotopic (exact) mass is 477 g/mol. The van der Waals surface area contributed by atoms with E-state index < -0.39 is 20.2 Å². The van der Waals surface area contributed by atoms with Crippen LogP contribution in [0, 0.1) is 0 Å². The van der Waals surface area contributed by atoms with E-state index in [2.05, 4.69) is 14.8 Å². The molecule has 1 aromatic heterocycles. The molecule has 0 atom stereocenters. The lowest BCUT2D eigenvalue weighted by atomic mass is 10.1. The molecule has 0 bridgehead atoms. The third-order valence-electron chi connectivity index (χ3n) is 6.56. The van der Waals surface area contributed by atoms with Crippen molar-refractivity contribution in [2.45, 2.75) is 35.3 Å². The van der Waals surface area contributed by atoms with Gasteiger partial charge in [-0.15, -0.1) is 0 Å². The molecule has 1 aliphatic carbocycles. The number of benzene rings is 2. The van der Waals surface area contributed by atoms with Crippen LogP contribution in [0.2, 0.25) is 0 Å². The topological polar surface area (TPSA) is 62.7 Å². The highest BCUT2D eigenvalue weighted by atomic mass is 32.2. The molecule has 5 rings (SSSR count). The number of aromatic nitrogens is 1. The molecule has 2 aromatic carbocycles. The molecule has 10 heteroatoms. The van der Waals surface area contributed by atoms with E-state index in [9.17, 15) is 21.6 Å². The number of anilines is 1. The SMILES string of the molecule is COc1cnc2ccccc2c1CN1CN(c2ccc(S(=O)(=O)C(F)(F)F)cc2)CC12CC2. The number of halogens is 3. The van der Waals surface area contributed by atoms with Gasteiger partial charge in [0.25, 0.3) is 9.84 Å². The van der Waals surface area contributed by atoms with Crippen molar-refractivity contribution >= 4 is 26.4 Å². The first-order valence-corrected chi connectivity index (χ1v) is 11.9. The Morgan fingerprint density at radius 3 is 2.42 bits per heavy atom. The summed E-state index contributed by atoms with van der Waals surface area (Å²) in [6, 6.07) is 12.8. The zero-order valence-corrected chi connectivity index (χ0v) is 18.7. The molecule has 2 aliphatic rings. The summed E-state index contributed by atoms with van der Waals surface area (Å²) >= 11 is 0. The zero-order chi connectivity index (χ0) is 23.4. The summed E-state index contributed by atoms with van der Waals surface area (Å²) in [4.78, 5) is 8.15. The molecule has 1 saturated carbocycles. The summed E-state index contributed by atoms with van der Waals surface area (Å²) in [5, 5.41) is 1.02. The van der Waals surface area contributed by atoms with Crippen LogP contribution in [0.5, 0.6) is 5.75 Å². The van der Waals surface area contributed by atoms with Crippen LogP contribution in [0.1, 0.15) is 18.4 Å². The Labute approximate surface area is 189 Å². The molecule has 174 valence electrons. The summed E-state index contributed by atoms with van der Waals surface area (Å²) in [6.45, 7) is 1.94. The Bertz CT molecular complexity index is 1310. The van der Waals surface area contributed by atoms with E-state index in [1.807, 2.05) is 24.3 Å². The van der Waals surface area contributed by atoms with Crippen LogP contribution >= 0.6 is 0 Å². The van der Waals surface area contributed by atoms with E-state index >= 15 is 0 Å². The van der Waals surface area contributed by atoms with Crippen LogP contribution in [-0.4, -0.2) is 49.7 Å². The zero-order valence-electron chi connectivity index (χ0n) is 17.8. The van der Waals surface area contributed by atoms with Crippen molar-refractivity contribution in [2.75, 3.05) is 25.2 Å².